The van der Waals surface area contributed by atoms with Crippen LogP contribution in [0.5, 0.6) is 0 Å². The topological polar surface area (TPSA) is 66.4 Å². The normalized spacial score (nSPS) is 10.1. The number of nitrogens with one attached hydrogen (secondary N) is 1. The van der Waals surface area contributed by atoms with Gasteiger partial charge in [0.1, 0.15) is 0 Å². The summed E-state index contributed by atoms with van der Waals surface area (Å²) in [6.07, 6.45) is 0.593. The number of carbonyl (C=O) groups excluding carboxylic acids is 1. The van der Waals surface area contributed by atoms with E-state index in [1.54, 1.807) is 24.3 Å². The number of carbonyl (C=O) groups is 2. The van der Waals surface area contributed by atoms with Crippen molar-refractivity contribution in [3.8, 4) is 0 Å². The molecule has 0 atom stereocenters. The van der Waals surface area contributed by atoms with E-state index in [0.29, 0.717) is 17.7 Å². The minimum Gasteiger partial charge on any atom is -0.481 e. The van der Waals surface area contributed by atoms with Gasteiger partial charge in [0, 0.05) is 12.1 Å². The number of carboxylic acid groups (broad SMARTS) is 1. The smallest absolute Gasteiger partial charge is 0.307 e. The molecule has 0 aliphatic carbocycles. The number of aliphatic carboxylic acids is 1. The molecule has 0 aliphatic heterocycles. The Morgan fingerprint density at radius 2 is 1.62 bits per heavy atom. The van der Waals surface area contributed by atoms with Gasteiger partial charge in [0.2, 0.25) is 0 Å². The molecule has 21 heavy (non-hydrogen) atoms. The fourth-order valence-electron chi connectivity index (χ4n) is 2.12. The van der Waals surface area contributed by atoms with Gasteiger partial charge in [0.25, 0.3) is 5.91 Å². The Morgan fingerprint density at radius 1 is 0.952 bits per heavy atom. The van der Waals surface area contributed by atoms with E-state index in [4.69, 9.17) is 5.11 Å². The molecular formula is C17H17NO3. The Kier molecular flexibility index (Phi) is 5.10. The number of hydrogen-bond donors (Lipinski definition) is 2. The first-order chi connectivity index (χ1) is 10.2. The van der Waals surface area contributed by atoms with Crippen LogP contribution in [0.2, 0.25) is 0 Å². The van der Waals surface area contributed by atoms with Crippen molar-refractivity contribution in [2.24, 2.45) is 0 Å². The maximum Gasteiger partial charge on any atom is 0.307 e. The molecular weight excluding hydrogens is 266 g/mol. The SMILES string of the molecule is O=C(O)Cc1ccccc1C(=O)NCCc1ccccc1. The molecule has 0 saturated carbocycles. The summed E-state index contributed by atoms with van der Waals surface area (Å²) in [5, 5.41) is 11.7. The van der Waals surface area contributed by atoms with Crippen LogP contribution in [-0.4, -0.2) is 23.5 Å². The van der Waals surface area contributed by atoms with Gasteiger partial charge in [0.15, 0.2) is 0 Å². The Labute approximate surface area is 123 Å². The lowest BCUT2D eigenvalue weighted by Crippen LogP contribution is -2.27. The van der Waals surface area contributed by atoms with E-state index >= 15 is 0 Å². The van der Waals surface area contributed by atoms with Crippen molar-refractivity contribution in [3.05, 3.63) is 71.3 Å². The summed E-state index contributed by atoms with van der Waals surface area (Å²) in [7, 11) is 0. The zero-order valence-electron chi connectivity index (χ0n) is 11.6. The number of carboxylic acids is 1. The predicted octanol–water partition coefficient (Wildman–Crippen LogP) is 2.29. The van der Waals surface area contributed by atoms with Gasteiger partial charge < -0.3 is 10.4 Å². The second kappa shape index (κ2) is 7.24. The lowest BCUT2D eigenvalue weighted by Gasteiger charge is -2.09. The van der Waals surface area contributed by atoms with Gasteiger partial charge in [-0.3, -0.25) is 9.59 Å². The highest BCUT2D eigenvalue weighted by molar-refractivity contribution is 5.96. The molecule has 0 spiro atoms. The molecule has 0 fully saturated rings. The number of rotatable bonds is 6. The lowest BCUT2D eigenvalue weighted by molar-refractivity contribution is -0.136. The minimum absolute atomic E-state index is 0.151. The highest BCUT2D eigenvalue weighted by atomic mass is 16.4. The first-order valence-corrected chi connectivity index (χ1v) is 6.78. The summed E-state index contributed by atoms with van der Waals surface area (Å²) < 4.78 is 0. The molecule has 108 valence electrons. The van der Waals surface area contributed by atoms with Crippen LogP contribution in [0.1, 0.15) is 21.5 Å². The molecule has 0 saturated heterocycles. The summed E-state index contributed by atoms with van der Waals surface area (Å²) >= 11 is 0. The summed E-state index contributed by atoms with van der Waals surface area (Å²) in [6.45, 7) is 0.518. The Balaban J connectivity index is 1.96. The fraction of sp³-hybridized carbons (Fsp3) is 0.176. The van der Waals surface area contributed by atoms with Crippen LogP contribution in [-0.2, 0) is 17.6 Å². The Hall–Kier alpha value is -2.62. The van der Waals surface area contributed by atoms with Crippen LogP contribution >= 0.6 is 0 Å². The van der Waals surface area contributed by atoms with Crippen molar-refractivity contribution in [1.29, 1.82) is 0 Å². The van der Waals surface area contributed by atoms with E-state index in [2.05, 4.69) is 5.32 Å². The van der Waals surface area contributed by atoms with E-state index in [0.717, 1.165) is 12.0 Å². The molecule has 2 rings (SSSR count). The van der Waals surface area contributed by atoms with Gasteiger partial charge in [-0.25, -0.2) is 0 Å². The molecule has 2 N–H and O–H groups in total. The summed E-state index contributed by atoms with van der Waals surface area (Å²) in [6, 6.07) is 16.7. The molecule has 4 heteroatoms. The molecule has 0 bridgehead atoms. The lowest BCUT2D eigenvalue weighted by atomic mass is 10.0. The summed E-state index contributed by atoms with van der Waals surface area (Å²) in [5.41, 5.74) is 2.10. The third-order valence-corrected chi connectivity index (χ3v) is 3.15. The maximum atomic E-state index is 12.1. The van der Waals surface area contributed by atoms with Gasteiger partial charge in [-0.1, -0.05) is 48.5 Å². The van der Waals surface area contributed by atoms with Crippen LogP contribution in [0.15, 0.2) is 54.6 Å². The monoisotopic (exact) mass is 283 g/mol. The van der Waals surface area contributed by atoms with Crippen LogP contribution in [0.25, 0.3) is 0 Å². The zero-order valence-corrected chi connectivity index (χ0v) is 11.6. The van der Waals surface area contributed by atoms with Gasteiger partial charge in [-0.05, 0) is 23.6 Å². The van der Waals surface area contributed by atoms with Gasteiger partial charge in [0.05, 0.1) is 6.42 Å². The van der Waals surface area contributed by atoms with Crippen molar-refractivity contribution in [2.45, 2.75) is 12.8 Å². The third-order valence-electron chi connectivity index (χ3n) is 3.15. The number of amides is 1. The number of benzene rings is 2. The average molecular weight is 283 g/mol. The van der Waals surface area contributed by atoms with E-state index < -0.39 is 5.97 Å². The first-order valence-electron chi connectivity index (χ1n) is 6.78. The zero-order chi connectivity index (χ0) is 15.1. The van der Waals surface area contributed by atoms with Crippen molar-refractivity contribution >= 4 is 11.9 Å². The largest absolute Gasteiger partial charge is 0.481 e. The summed E-state index contributed by atoms with van der Waals surface area (Å²) in [5.74, 6) is -1.18. The number of hydrogen-bond acceptors (Lipinski definition) is 2. The molecule has 0 radical (unpaired) electrons. The van der Waals surface area contributed by atoms with Crippen molar-refractivity contribution in [2.75, 3.05) is 6.54 Å². The molecule has 4 nitrogen and oxygen atoms in total. The fourth-order valence-corrected chi connectivity index (χ4v) is 2.12. The highest BCUT2D eigenvalue weighted by Crippen LogP contribution is 2.09. The second-order valence-corrected chi connectivity index (χ2v) is 4.72. The van der Waals surface area contributed by atoms with Crippen molar-refractivity contribution in [3.63, 3.8) is 0 Å². The van der Waals surface area contributed by atoms with Gasteiger partial charge in [-0.2, -0.15) is 0 Å². The summed E-state index contributed by atoms with van der Waals surface area (Å²) in [4.78, 5) is 22.9. The quantitative estimate of drug-likeness (QED) is 0.854. The Morgan fingerprint density at radius 3 is 2.33 bits per heavy atom. The van der Waals surface area contributed by atoms with Crippen LogP contribution in [0.4, 0.5) is 0 Å². The Bertz CT molecular complexity index is 623. The molecule has 0 aromatic heterocycles. The van der Waals surface area contributed by atoms with Crippen LogP contribution in [0, 0.1) is 0 Å². The predicted molar refractivity (Wildman–Crippen MR) is 80.3 cm³/mol. The molecule has 0 unspecified atom stereocenters. The van der Waals surface area contributed by atoms with Crippen LogP contribution in [0.3, 0.4) is 0 Å². The average Bonchev–Trinajstić information content (AvgIpc) is 2.48. The molecule has 1 amide bonds. The first kappa shape index (κ1) is 14.8. The van der Waals surface area contributed by atoms with Gasteiger partial charge >= 0.3 is 5.97 Å². The van der Waals surface area contributed by atoms with Crippen LogP contribution < -0.4 is 5.32 Å². The van der Waals surface area contributed by atoms with Gasteiger partial charge in [-0.15, -0.1) is 0 Å². The molecule has 0 aliphatic rings. The third kappa shape index (κ3) is 4.45. The van der Waals surface area contributed by atoms with E-state index in [1.807, 2.05) is 30.3 Å². The maximum absolute atomic E-state index is 12.1. The second-order valence-electron chi connectivity index (χ2n) is 4.72. The van der Waals surface area contributed by atoms with E-state index in [-0.39, 0.29) is 12.3 Å². The molecule has 0 heterocycles. The minimum atomic E-state index is -0.945. The molecule has 2 aromatic carbocycles. The van der Waals surface area contributed by atoms with E-state index in [9.17, 15) is 9.59 Å². The van der Waals surface area contributed by atoms with Crippen molar-refractivity contribution < 1.29 is 14.7 Å². The van der Waals surface area contributed by atoms with E-state index in [1.165, 1.54) is 0 Å². The highest BCUT2D eigenvalue weighted by Gasteiger charge is 2.12. The van der Waals surface area contributed by atoms with Crippen molar-refractivity contribution in [1.82, 2.24) is 5.32 Å². The molecule has 2 aromatic rings. The standard InChI is InChI=1S/C17H17NO3/c19-16(20)12-14-8-4-5-9-15(14)17(21)18-11-10-13-6-2-1-3-7-13/h1-9H,10-12H2,(H,18,21)(H,19,20).